The molecule has 1 aliphatic carbocycles. The van der Waals surface area contributed by atoms with Crippen LogP contribution in [0.1, 0.15) is 44.0 Å². The average Bonchev–Trinajstić information content (AvgIpc) is 3.14. The Morgan fingerprint density at radius 1 is 1.23 bits per heavy atom. The Bertz CT molecular complexity index is 773. The van der Waals surface area contributed by atoms with Crippen molar-refractivity contribution in [2.75, 3.05) is 5.32 Å². The summed E-state index contributed by atoms with van der Waals surface area (Å²) < 4.78 is 5.99. The number of carboxylic acids is 1. The summed E-state index contributed by atoms with van der Waals surface area (Å²) >= 11 is 3.24. The van der Waals surface area contributed by atoms with E-state index in [1.54, 1.807) is 26.8 Å². The van der Waals surface area contributed by atoms with Crippen molar-refractivity contribution in [3.05, 3.63) is 28.2 Å². The van der Waals surface area contributed by atoms with Crippen molar-refractivity contribution in [3.63, 3.8) is 0 Å². The number of amides is 2. The summed E-state index contributed by atoms with van der Waals surface area (Å²) in [6.45, 7) is 5.36. The van der Waals surface area contributed by atoms with Gasteiger partial charge in [-0.3, -0.25) is 9.69 Å². The van der Waals surface area contributed by atoms with Crippen LogP contribution in [-0.2, 0) is 9.53 Å². The fourth-order valence-corrected chi connectivity index (χ4v) is 3.77. The zero-order valence-corrected chi connectivity index (χ0v) is 16.4. The maximum atomic E-state index is 12.7. The zero-order valence-electron chi connectivity index (χ0n) is 14.8. The Hall–Kier alpha value is -2.09. The first-order valence-electron chi connectivity index (χ1n) is 8.41. The molecule has 2 aliphatic rings. The van der Waals surface area contributed by atoms with Crippen LogP contribution in [0.2, 0.25) is 0 Å². The molecule has 0 bridgehead atoms. The van der Waals surface area contributed by atoms with Crippen LogP contribution < -0.4 is 5.32 Å². The van der Waals surface area contributed by atoms with Gasteiger partial charge in [-0.05, 0) is 57.7 Å². The van der Waals surface area contributed by atoms with E-state index in [0.29, 0.717) is 22.5 Å². The lowest BCUT2D eigenvalue weighted by Crippen LogP contribution is -2.47. The molecule has 26 heavy (non-hydrogen) atoms. The number of halogens is 1. The lowest BCUT2D eigenvalue weighted by Gasteiger charge is -2.29. The molecule has 1 saturated carbocycles. The number of nitrogens with one attached hydrogen (secondary N) is 1. The number of piperidine rings is 1. The Balaban J connectivity index is 1.75. The van der Waals surface area contributed by atoms with Gasteiger partial charge in [0.25, 0.3) is 0 Å². The van der Waals surface area contributed by atoms with Gasteiger partial charge in [-0.2, -0.15) is 0 Å². The number of benzene rings is 1. The molecule has 0 unspecified atom stereocenters. The molecule has 3 atom stereocenters. The molecular formula is C18H21BrN2O5. The number of ether oxygens (including phenoxy) is 1. The van der Waals surface area contributed by atoms with Crippen molar-refractivity contribution in [2.24, 2.45) is 5.92 Å². The number of nitrogens with zero attached hydrogens (tertiary/aromatic N) is 1. The molecule has 2 amide bonds. The standard InChI is InChI=1S/C18H21BrN2O5/c1-18(2,3)26-17(25)21-13-6-9(13)7-14(21)15(22)20-12-5-10(16(23)24)4-11(19)8-12/h4-5,8-9,13-14H,6-7H2,1-3H3,(H,20,22)(H,23,24)/t9-,13-,14+/m1/s1. The van der Waals surface area contributed by atoms with Gasteiger partial charge in [-0.15, -0.1) is 0 Å². The topological polar surface area (TPSA) is 95.9 Å². The normalized spacial score (nSPS) is 24.0. The third-order valence-corrected chi connectivity index (χ3v) is 4.88. The molecule has 0 spiro atoms. The Morgan fingerprint density at radius 2 is 1.92 bits per heavy atom. The van der Waals surface area contributed by atoms with Crippen molar-refractivity contribution in [2.45, 2.75) is 51.3 Å². The second-order valence-corrected chi connectivity index (χ2v) is 8.64. The van der Waals surface area contributed by atoms with Crippen LogP contribution in [0.5, 0.6) is 0 Å². The quantitative estimate of drug-likeness (QED) is 0.773. The molecule has 1 aliphatic heterocycles. The van der Waals surface area contributed by atoms with E-state index in [2.05, 4.69) is 21.2 Å². The van der Waals surface area contributed by atoms with Gasteiger partial charge < -0.3 is 15.2 Å². The summed E-state index contributed by atoms with van der Waals surface area (Å²) in [6.07, 6.45) is 1.00. The number of fused-ring (bicyclic) bond motifs is 1. The number of aromatic carboxylic acids is 1. The number of rotatable bonds is 3. The predicted octanol–water partition coefficient (Wildman–Crippen LogP) is 3.48. The van der Waals surface area contributed by atoms with E-state index < -0.39 is 23.7 Å². The molecule has 8 heteroatoms. The molecule has 3 rings (SSSR count). The number of likely N-dealkylation sites (tertiary alicyclic amines) is 1. The number of anilines is 1. The molecule has 1 saturated heterocycles. The molecule has 7 nitrogen and oxygen atoms in total. The van der Waals surface area contributed by atoms with Crippen LogP contribution in [0, 0.1) is 5.92 Å². The monoisotopic (exact) mass is 424 g/mol. The van der Waals surface area contributed by atoms with Gasteiger partial charge in [0.2, 0.25) is 5.91 Å². The minimum absolute atomic E-state index is 0.0534. The highest BCUT2D eigenvalue weighted by Gasteiger charge is 2.57. The number of carboxylic acid groups (broad SMARTS) is 1. The molecule has 2 N–H and O–H groups in total. The Morgan fingerprint density at radius 3 is 2.54 bits per heavy atom. The van der Waals surface area contributed by atoms with E-state index in [0.717, 1.165) is 6.42 Å². The predicted molar refractivity (Wildman–Crippen MR) is 98.1 cm³/mol. The Labute approximate surface area is 159 Å². The third-order valence-electron chi connectivity index (χ3n) is 4.42. The van der Waals surface area contributed by atoms with E-state index in [1.807, 2.05) is 0 Å². The molecule has 0 aromatic heterocycles. The minimum atomic E-state index is -1.08. The molecule has 1 heterocycles. The second-order valence-electron chi connectivity index (χ2n) is 7.73. The third kappa shape index (κ3) is 4.00. The molecule has 1 aromatic carbocycles. The minimum Gasteiger partial charge on any atom is -0.478 e. The van der Waals surface area contributed by atoms with Crippen molar-refractivity contribution in [1.29, 1.82) is 0 Å². The first-order valence-corrected chi connectivity index (χ1v) is 9.20. The van der Waals surface area contributed by atoms with Crippen molar-refractivity contribution in [3.8, 4) is 0 Å². The SMILES string of the molecule is CC(C)(C)OC(=O)N1[C@@H]2C[C@@H]2C[C@H]1C(=O)Nc1cc(Br)cc(C(=O)O)c1. The summed E-state index contributed by atoms with van der Waals surface area (Å²) in [5.74, 6) is -1.09. The highest BCUT2D eigenvalue weighted by Crippen LogP contribution is 2.48. The van der Waals surface area contributed by atoms with E-state index in [1.165, 1.54) is 17.0 Å². The smallest absolute Gasteiger partial charge is 0.411 e. The largest absolute Gasteiger partial charge is 0.478 e. The lowest BCUT2D eigenvalue weighted by molar-refractivity contribution is -0.120. The van der Waals surface area contributed by atoms with Crippen LogP contribution in [0.15, 0.2) is 22.7 Å². The van der Waals surface area contributed by atoms with Crippen molar-refractivity contribution in [1.82, 2.24) is 4.90 Å². The highest BCUT2D eigenvalue weighted by molar-refractivity contribution is 9.10. The van der Waals surface area contributed by atoms with Crippen molar-refractivity contribution < 1.29 is 24.2 Å². The summed E-state index contributed by atoms with van der Waals surface area (Å²) in [5.41, 5.74) is -0.203. The van der Waals surface area contributed by atoms with E-state index in [-0.39, 0.29) is 17.5 Å². The first kappa shape index (κ1) is 18.7. The van der Waals surface area contributed by atoms with Crippen LogP contribution in [0.4, 0.5) is 10.5 Å². The van der Waals surface area contributed by atoms with Gasteiger partial charge in [-0.1, -0.05) is 15.9 Å². The summed E-state index contributed by atoms with van der Waals surface area (Å²) in [7, 11) is 0. The van der Waals surface area contributed by atoms with Crippen LogP contribution >= 0.6 is 15.9 Å². The lowest BCUT2D eigenvalue weighted by atomic mass is 10.1. The van der Waals surface area contributed by atoms with E-state index in [9.17, 15) is 14.4 Å². The van der Waals surface area contributed by atoms with Gasteiger partial charge in [-0.25, -0.2) is 9.59 Å². The van der Waals surface area contributed by atoms with Crippen molar-refractivity contribution >= 4 is 39.6 Å². The number of hydrogen-bond acceptors (Lipinski definition) is 4. The summed E-state index contributed by atoms with van der Waals surface area (Å²) in [6, 6.07) is 3.91. The number of hydrogen-bond donors (Lipinski definition) is 2. The summed E-state index contributed by atoms with van der Waals surface area (Å²) in [5, 5.41) is 11.9. The maximum Gasteiger partial charge on any atom is 0.411 e. The maximum absolute atomic E-state index is 12.7. The van der Waals surface area contributed by atoms with Crippen LogP contribution in [0.3, 0.4) is 0 Å². The van der Waals surface area contributed by atoms with Gasteiger partial charge in [0.1, 0.15) is 11.6 Å². The van der Waals surface area contributed by atoms with Gasteiger partial charge in [0, 0.05) is 16.2 Å². The molecule has 0 radical (unpaired) electrons. The molecule has 140 valence electrons. The van der Waals surface area contributed by atoms with Crippen LogP contribution in [-0.4, -0.2) is 45.7 Å². The molecule has 1 aromatic rings. The fourth-order valence-electron chi connectivity index (χ4n) is 3.28. The Kier molecular flexibility index (Phi) is 4.72. The van der Waals surface area contributed by atoms with Crippen LogP contribution in [0.25, 0.3) is 0 Å². The second kappa shape index (κ2) is 6.57. The molecular weight excluding hydrogens is 404 g/mol. The highest BCUT2D eigenvalue weighted by atomic mass is 79.9. The fraction of sp³-hybridized carbons (Fsp3) is 0.500. The van der Waals surface area contributed by atoms with E-state index >= 15 is 0 Å². The zero-order chi connectivity index (χ0) is 19.2. The average molecular weight is 425 g/mol. The summed E-state index contributed by atoms with van der Waals surface area (Å²) in [4.78, 5) is 37.9. The molecule has 2 fully saturated rings. The first-order chi connectivity index (χ1) is 12.0. The van der Waals surface area contributed by atoms with Gasteiger partial charge in [0.15, 0.2) is 0 Å². The number of carbonyl (C=O) groups excluding carboxylic acids is 2. The number of carbonyl (C=O) groups is 3. The van der Waals surface area contributed by atoms with Gasteiger partial charge in [0.05, 0.1) is 5.56 Å². The van der Waals surface area contributed by atoms with E-state index in [4.69, 9.17) is 9.84 Å². The van der Waals surface area contributed by atoms with Gasteiger partial charge >= 0.3 is 12.1 Å².